The molecule has 6 nitrogen and oxygen atoms in total. The number of carbonyl (C=O) groups is 1. The number of methoxy groups -OCH3 is 1. The third kappa shape index (κ3) is 1.96. The van der Waals surface area contributed by atoms with Crippen LogP contribution in [0.2, 0.25) is 0 Å². The molecule has 0 unspecified atom stereocenters. The summed E-state index contributed by atoms with van der Waals surface area (Å²) < 4.78 is 5.58. The smallest absolute Gasteiger partial charge is 0.325 e. The maximum Gasteiger partial charge on any atom is 0.325 e. The second-order valence-electron chi connectivity index (χ2n) is 3.44. The van der Waals surface area contributed by atoms with Crippen molar-refractivity contribution >= 4 is 17.0 Å². The molecule has 1 N–H and O–H groups in total. The van der Waals surface area contributed by atoms with E-state index in [1.54, 1.807) is 24.3 Å². The fourth-order valence-corrected chi connectivity index (χ4v) is 1.57. The zero-order valence-electron chi connectivity index (χ0n) is 9.10. The van der Waals surface area contributed by atoms with Crippen molar-refractivity contribution in [2.24, 2.45) is 0 Å². The Kier molecular flexibility index (Phi) is 2.78. The lowest BCUT2D eigenvalue weighted by Gasteiger charge is -2.07. The highest BCUT2D eigenvalue weighted by molar-refractivity contribution is 5.77. The average molecular weight is 234 g/mol. The van der Waals surface area contributed by atoms with Crippen LogP contribution in [0.1, 0.15) is 0 Å². The molecule has 0 aliphatic heterocycles. The van der Waals surface area contributed by atoms with Crippen LogP contribution in [0.25, 0.3) is 11.0 Å². The van der Waals surface area contributed by atoms with E-state index < -0.39 is 17.1 Å². The van der Waals surface area contributed by atoms with Gasteiger partial charge >= 0.3 is 17.1 Å². The van der Waals surface area contributed by atoms with Crippen LogP contribution < -0.4 is 11.1 Å². The van der Waals surface area contributed by atoms with E-state index in [2.05, 4.69) is 9.72 Å². The van der Waals surface area contributed by atoms with E-state index in [0.717, 1.165) is 4.57 Å². The molecular formula is C11H10N2O4. The summed E-state index contributed by atoms with van der Waals surface area (Å²) >= 11 is 0. The highest BCUT2D eigenvalue weighted by Crippen LogP contribution is 2.06. The summed E-state index contributed by atoms with van der Waals surface area (Å²) in [5, 5.41) is 0. The topological polar surface area (TPSA) is 81.2 Å². The molecule has 2 aromatic rings. The molecule has 2 rings (SSSR count). The number of H-pyrrole nitrogens is 1. The maximum absolute atomic E-state index is 11.6. The number of benzene rings is 1. The molecule has 0 spiro atoms. The summed E-state index contributed by atoms with van der Waals surface area (Å²) in [7, 11) is 1.22. The first kappa shape index (κ1) is 11.1. The van der Waals surface area contributed by atoms with Crippen molar-refractivity contribution in [2.45, 2.75) is 6.54 Å². The number of hydrogen-bond donors (Lipinski definition) is 1. The Hall–Kier alpha value is -2.37. The highest BCUT2D eigenvalue weighted by Gasteiger charge is 2.10. The number of aromatic amines is 1. The Morgan fingerprint density at radius 1 is 1.35 bits per heavy atom. The van der Waals surface area contributed by atoms with Gasteiger partial charge in [0.1, 0.15) is 6.54 Å². The van der Waals surface area contributed by atoms with Crippen molar-refractivity contribution in [2.75, 3.05) is 7.11 Å². The van der Waals surface area contributed by atoms with E-state index >= 15 is 0 Å². The van der Waals surface area contributed by atoms with Crippen molar-refractivity contribution in [1.82, 2.24) is 9.55 Å². The molecule has 17 heavy (non-hydrogen) atoms. The monoisotopic (exact) mass is 234 g/mol. The summed E-state index contributed by atoms with van der Waals surface area (Å²) in [6, 6.07) is 6.75. The molecule has 1 aromatic carbocycles. The van der Waals surface area contributed by atoms with Gasteiger partial charge in [0.2, 0.25) is 0 Å². The van der Waals surface area contributed by atoms with E-state index in [9.17, 15) is 14.4 Å². The Morgan fingerprint density at radius 2 is 2.06 bits per heavy atom. The van der Waals surface area contributed by atoms with Gasteiger partial charge in [-0.1, -0.05) is 12.1 Å². The first-order valence-electron chi connectivity index (χ1n) is 4.92. The standard InChI is InChI=1S/C11H10N2O4/c1-17-9(14)6-13-8-5-3-2-4-7(8)12-10(15)11(13)16/h2-5H,6H2,1H3,(H,12,15). The summed E-state index contributed by atoms with van der Waals surface area (Å²) in [6.45, 7) is -0.278. The number of ether oxygens (including phenoxy) is 1. The van der Waals surface area contributed by atoms with Gasteiger partial charge in [0.25, 0.3) is 0 Å². The molecule has 1 aromatic heterocycles. The Bertz CT molecular complexity index is 684. The zero-order chi connectivity index (χ0) is 12.4. The fourth-order valence-electron chi connectivity index (χ4n) is 1.57. The Morgan fingerprint density at radius 3 is 2.76 bits per heavy atom. The van der Waals surface area contributed by atoms with Crippen LogP contribution in [0.5, 0.6) is 0 Å². The van der Waals surface area contributed by atoms with Crippen LogP contribution in [0.3, 0.4) is 0 Å². The van der Waals surface area contributed by atoms with Gasteiger partial charge in [0.05, 0.1) is 18.1 Å². The van der Waals surface area contributed by atoms with Crippen LogP contribution in [-0.4, -0.2) is 22.6 Å². The van der Waals surface area contributed by atoms with Crippen molar-refractivity contribution in [1.29, 1.82) is 0 Å². The minimum atomic E-state index is -0.769. The predicted octanol–water partition coefficient (Wildman–Crippen LogP) is -0.137. The molecule has 1 heterocycles. The largest absolute Gasteiger partial charge is 0.468 e. The maximum atomic E-state index is 11.6. The summed E-state index contributed by atoms with van der Waals surface area (Å²) in [6.07, 6.45) is 0. The summed E-state index contributed by atoms with van der Waals surface area (Å²) in [5.41, 5.74) is -0.537. The molecular weight excluding hydrogens is 224 g/mol. The fraction of sp³-hybridized carbons (Fsp3) is 0.182. The first-order valence-corrected chi connectivity index (χ1v) is 4.92. The van der Waals surface area contributed by atoms with Gasteiger partial charge in [-0.15, -0.1) is 0 Å². The van der Waals surface area contributed by atoms with Crippen LogP contribution in [0, 0.1) is 0 Å². The van der Waals surface area contributed by atoms with E-state index in [0.29, 0.717) is 11.0 Å². The van der Waals surface area contributed by atoms with Crippen molar-refractivity contribution in [3.63, 3.8) is 0 Å². The molecule has 0 radical (unpaired) electrons. The van der Waals surface area contributed by atoms with Crippen LogP contribution >= 0.6 is 0 Å². The van der Waals surface area contributed by atoms with Crippen LogP contribution in [-0.2, 0) is 16.1 Å². The number of rotatable bonds is 2. The lowest BCUT2D eigenvalue weighted by Crippen LogP contribution is -2.38. The number of esters is 1. The normalized spacial score (nSPS) is 10.4. The van der Waals surface area contributed by atoms with E-state index in [-0.39, 0.29) is 6.54 Å². The predicted molar refractivity (Wildman–Crippen MR) is 60.8 cm³/mol. The molecule has 0 bridgehead atoms. The van der Waals surface area contributed by atoms with Gasteiger partial charge in [-0.3, -0.25) is 19.0 Å². The molecule has 0 saturated carbocycles. The van der Waals surface area contributed by atoms with Crippen LogP contribution in [0.15, 0.2) is 33.9 Å². The lowest BCUT2D eigenvalue weighted by atomic mass is 10.3. The lowest BCUT2D eigenvalue weighted by molar-refractivity contribution is -0.141. The van der Waals surface area contributed by atoms with Gasteiger partial charge in [-0.25, -0.2) is 0 Å². The van der Waals surface area contributed by atoms with Crippen molar-refractivity contribution in [3.05, 3.63) is 45.0 Å². The third-order valence-corrected chi connectivity index (χ3v) is 2.40. The molecule has 0 aliphatic carbocycles. The second-order valence-corrected chi connectivity index (χ2v) is 3.44. The van der Waals surface area contributed by atoms with Gasteiger partial charge in [0, 0.05) is 0 Å². The number of fused-ring (bicyclic) bond motifs is 1. The van der Waals surface area contributed by atoms with Crippen molar-refractivity contribution < 1.29 is 9.53 Å². The van der Waals surface area contributed by atoms with E-state index in [1.807, 2.05) is 0 Å². The van der Waals surface area contributed by atoms with Crippen LogP contribution in [0.4, 0.5) is 0 Å². The zero-order valence-corrected chi connectivity index (χ0v) is 9.10. The van der Waals surface area contributed by atoms with Gasteiger partial charge < -0.3 is 9.72 Å². The Labute approximate surface area is 95.5 Å². The molecule has 0 saturated heterocycles. The van der Waals surface area contributed by atoms with E-state index in [4.69, 9.17) is 0 Å². The number of hydrogen-bond acceptors (Lipinski definition) is 4. The Balaban J connectivity index is 2.74. The van der Waals surface area contributed by atoms with Gasteiger partial charge in [-0.05, 0) is 12.1 Å². The molecule has 0 fully saturated rings. The number of para-hydroxylation sites is 2. The minimum absolute atomic E-state index is 0.278. The summed E-state index contributed by atoms with van der Waals surface area (Å²) in [5.74, 6) is -0.581. The molecule has 6 heteroatoms. The first-order chi connectivity index (χ1) is 8.13. The number of nitrogens with one attached hydrogen (secondary N) is 1. The summed E-state index contributed by atoms with van der Waals surface area (Å²) in [4.78, 5) is 36.7. The number of nitrogens with zero attached hydrogens (tertiary/aromatic N) is 1. The third-order valence-electron chi connectivity index (χ3n) is 2.40. The minimum Gasteiger partial charge on any atom is -0.468 e. The quantitative estimate of drug-likeness (QED) is 0.579. The van der Waals surface area contributed by atoms with Crippen molar-refractivity contribution in [3.8, 4) is 0 Å². The van der Waals surface area contributed by atoms with Gasteiger partial charge in [0.15, 0.2) is 0 Å². The van der Waals surface area contributed by atoms with Gasteiger partial charge in [-0.2, -0.15) is 0 Å². The molecule has 88 valence electrons. The highest BCUT2D eigenvalue weighted by atomic mass is 16.5. The number of carbonyl (C=O) groups excluding carboxylic acids is 1. The average Bonchev–Trinajstić information content (AvgIpc) is 2.34. The molecule has 0 atom stereocenters. The second kappa shape index (κ2) is 4.25. The number of aromatic nitrogens is 2. The SMILES string of the molecule is COC(=O)Cn1c(=O)c(=O)[nH]c2ccccc21. The molecule has 0 amide bonds. The molecule has 0 aliphatic rings. The van der Waals surface area contributed by atoms with E-state index in [1.165, 1.54) is 7.11 Å².